The molecule has 0 bridgehead atoms. The Kier molecular flexibility index (Phi) is 7.03. The number of ether oxygens (including phenoxy) is 2. The van der Waals surface area contributed by atoms with Gasteiger partial charge in [-0.1, -0.05) is 15.9 Å². The Labute approximate surface area is 161 Å². The Morgan fingerprint density at radius 2 is 1.58 bits per heavy atom. The van der Waals surface area contributed by atoms with E-state index < -0.39 is 11.8 Å². The number of nitrogens with one attached hydrogen (secondary N) is 2. The first-order valence-electron chi connectivity index (χ1n) is 8.22. The third-order valence-corrected chi connectivity index (χ3v) is 3.94. The van der Waals surface area contributed by atoms with Crippen molar-refractivity contribution in [1.82, 2.24) is 0 Å². The van der Waals surface area contributed by atoms with E-state index in [0.29, 0.717) is 36.1 Å². The predicted molar refractivity (Wildman–Crippen MR) is 105 cm³/mol. The molecule has 0 heterocycles. The van der Waals surface area contributed by atoms with Crippen LogP contribution >= 0.6 is 15.9 Å². The molecule has 0 atom stereocenters. The highest BCUT2D eigenvalue weighted by Crippen LogP contribution is 2.30. The summed E-state index contributed by atoms with van der Waals surface area (Å²) in [6.07, 6.45) is 0. The van der Waals surface area contributed by atoms with Crippen molar-refractivity contribution in [1.29, 1.82) is 0 Å². The summed E-state index contributed by atoms with van der Waals surface area (Å²) in [6, 6.07) is 10.4. The SMILES string of the molecule is CCOc1ccc(NC(=O)C(=O)Nc2ccc(Br)cc2C)cc1OCC. The monoisotopic (exact) mass is 420 g/mol. The van der Waals surface area contributed by atoms with Gasteiger partial charge in [0.1, 0.15) is 0 Å². The molecule has 0 saturated carbocycles. The zero-order chi connectivity index (χ0) is 19.1. The highest BCUT2D eigenvalue weighted by Gasteiger charge is 2.16. The molecule has 0 saturated heterocycles. The summed E-state index contributed by atoms with van der Waals surface area (Å²) in [5, 5.41) is 5.17. The Bertz CT molecular complexity index is 808. The minimum Gasteiger partial charge on any atom is -0.490 e. The molecule has 2 amide bonds. The van der Waals surface area contributed by atoms with Crippen LogP contribution in [-0.4, -0.2) is 25.0 Å². The van der Waals surface area contributed by atoms with Gasteiger partial charge in [-0.05, 0) is 56.7 Å². The van der Waals surface area contributed by atoms with E-state index in [1.165, 1.54) is 0 Å². The van der Waals surface area contributed by atoms with Crippen LogP contribution in [0.3, 0.4) is 0 Å². The van der Waals surface area contributed by atoms with Gasteiger partial charge < -0.3 is 20.1 Å². The summed E-state index contributed by atoms with van der Waals surface area (Å²) >= 11 is 3.36. The molecule has 2 aromatic carbocycles. The molecule has 2 rings (SSSR count). The van der Waals surface area contributed by atoms with Crippen LogP contribution in [0.25, 0.3) is 0 Å². The number of carbonyl (C=O) groups excluding carboxylic acids is 2. The summed E-state index contributed by atoms with van der Waals surface area (Å²) < 4.78 is 11.9. The number of halogens is 1. The number of anilines is 2. The zero-order valence-electron chi connectivity index (χ0n) is 14.9. The van der Waals surface area contributed by atoms with Crippen LogP contribution in [0.1, 0.15) is 19.4 Å². The van der Waals surface area contributed by atoms with Crippen molar-refractivity contribution in [3.63, 3.8) is 0 Å². The molecule has 2 aromatic rings. The molecule has 2 N–H and O–H groups in total. The van der Waals surface area contributed by atoms with Gasteiger partial charge in [0.2, 0.25) is 0 Å². The van der Waals surface area contributed by atoms with Gasteiger partial charge in [-0.25, -0.2) is 0 Å². The summed E-state index contributed by atoms with van der Waals surface area (Å²) in [6.45, 7) is 6.54. The van der Waals surface area contributed by atoms with Crippen LogP contribution in [0.2, 0.25) is 0 Å². The molecule has 138 valence electrons. The molecular weight excluding hydrogens is 400 g/mol. The zero-order valence-corrected chi connectivity index (χ0v) is 16.5. The Morgan fingerprint density at radius 3 is 2.23 bits per heavy atom. The lowest BCUT2D eigenvalue weighted by molar-refractivity contribution is -0.133. The molecule has 6 nitrogen and oxygen atoms in total. The average molecular weight is 421 g/mol. The lowest BCUT2D eigenvalue weighted by atomic mass is 10.2. The molecule has 0 spiro atoms. The lowest BCUT2D eigenvalue weighted by Crippen LogP contribution is -2.29. The highest BCUT2D eigenvalue weighted by atomic mass is 79.9. The maximum atomic E-state index is 12.2. The Morgan fingerprint density at radius 1 is 0.923 bits per heavy atom. The van der Waals surface area contributed by atoms with Gasteiger partial charge in [0, 0.05) is 21.9 Å². The van der Waals surface area contributed by atoms with E-state index in [9.17, 15) is 9.59 Å². The van der Waals surface area contributed by atoms with Crippen molar-refractivity contribution in [2.24, 2.45) is 0 Å². The van der Waals surface area contributed by atoms with Crippen molar-refractivity contribution in [2.45, 2.75) is 20.8 Å². The molecule has 0 radical (unpaired) electrons. The summed E-state index contributed by atoms with van der Waals surface area (Å²) in [5.41, 5.74) is 1.87. The second-order valence-corrected chi connectivity index (χ2v) is 6.31. The normalized spacial score (nSPS) is 10.2. The maximum Gasteiger partial charge on any atom is 0.314 e. The minimum atomic E-state index is -0.765. The number of hydrogen-bond acceptors (Lipinski definition) is 4. The quantitative estimate of drug-likeness (QED) is 0.688. The average Bonchev–Trinajstić information content (AvgIpc) is 2.60. The van der Waals surface area contributed by atoms with Crippen molar-refractivity contribution >= 4 is 39.1 Å². The fourth-order valence-corrected chi connectivity index (χ4v) is 2.74. The Hall–Kier alpha value is -2.54. The van der Waals surface area contributed by atoms with Crippen molar-refractivity contribution in [2.75, 3.05) is 23.8 Å². The number of carbonyl (C=O) groups is 2. The van der Waals surface area contributed by atoms with Gasteiger partial charge in [-0.3, -0.25) is 9.59 Å². The molecule has 0 aliphatic rings. The predicted octanol–water partition coefficient (Wildman–Crippen LogP) is 4.13. The second kappa shape index (κ2) is 9.24. The maximum absolute atomic E-state index is 12.2. The number of amides is 2. The van der Waals surface area contributed by atoms with Gasteiger partial charge in [0.25, 0.3) is 0 Å². The first-order valence-corrected chi connectivity index (χ1v) is 9.02. The van der Waals surface area contributed by atoms with Crippen LogP contribution in [0.4, 0.5) is 11.4 Å². The van der Waals surface area contributed by atoms with E-state index in [4.69, 9.17) is 9.47 Å². The van der Waals surface area contributed by atoms with Crippen LogP contribution in [0, 0.1) is 6.92 Å². The largest absolute Gasteiger partial charge is 0.490 e. The number of hydrogen-bond donors (Lipinski definition) is 2. The molecule has 26 heavy (non-hydrogen) atoms. The van der Waals surface area contributed by atoms with E-state index in [0.717, 1.165) is 10.0 Å². The van der Waals surface area contributed by atoms with Crippen molar-refractivity contribution < 1.29 is 19.1 Å². The van der Waals surface area contributed by atoms with Crippen LogP contribution < -0.4 is 20.1 Å². The minimum absolute atomic E-state index is 0.449. The summed E-state index contributed by atoms with van der Waals surface area (Å²) in [5.74, 6) is -0.417. The highest BCUT2D eigenvalue weighted by molar-refractivity contribution is 9.10. The van der Waals surface area contributed by atoms with E-state index in [-0.39, 0.29) is 0 Å². The fraction of sp³-hybridized carbons (Fsp3) is 0.263. The fourth-order valence-electron chi connectivity index (χ4n) is 2.26. The van der Waals surface area contributed by atoms with E-state index in [1.807, 2.05) is 26.8 Å². The molecule has 7 heteroatoms. The van der Waals surface area contributed by atoms with Crippen LogP contribution in [0.5, 0.6) is 11.5 Å². The molecule has 0 aromatic heterocycles. The number of benzene rings is 2. The molecule has 0 aliphatic heterocycles. The van der Waals surface area contributed by atoms with Crippen molar-refractivity contribution in [3.05, 3.63) is 46.4 Å². The smallest absolute Gasteiger partial charge is 0.314 e. The van der Waals surface area contributed by atoms with Crippen LogP contribution in [-0.2, 0) is 9.59 Å². The summed E-state index contributed by atoms with van der Waals surface area (Å²) in [7, 11) is 0. The van der Waals surface area contributed by atoms with E-state index >= 15 is 0 Å². The standard InChI is InChI=1S/C19H21BrN2O4/c1-4-25-16-9-7-14(11-17(16)26-5-2)21-18(23)19(24)22-15-8-6-13(20)10-12(15)3/h6-11H,4-5H2,1-3H3,(H,21,23)(H,22,24). The molecule has 0 aliphatic carbocycles. The molecule has 0 fully saturated rings. The van der Waals surface area contributed by atoms with Gasteiger partial charge in [-0.15, -0.1) is 0 Å². The van der Waals surface area contributed by atoms with Crippen molar-refractivity contribution in [3.8, 4) is 11.5 Å². The van der Waals surface area contributed by atoms with Crippen LogP contribution in [0.15, 0.2) is 40.9 Å². The van der Waals surface area contributed by atoms with Gasteiger partial charge in [-0.2, -0.15) is 0 Å². The third kappa shape index (κ3) is 5.23. The second-order valence-electron chi connectivity index (χ2n) is 5.40. The lowest BCUT2D eigenvalue weighted by Gasteiger charge is -2.13. The number of rotatable bonds is 6. The topological polar surface area (TPSA) is 76.7 Å². The van der Waals surface area contributed by atoms with Gasteiger partial charge in [0.15, 0.2) is 11.5 Å². The number of aryl methyl sites for hydroxylation is 1. The Balaban J connectivity index is 2.08. The first-order chi connectivity index (χ1) is 12.4. The van der Waals surface area contributed by atoms with E-state index in [1.54, 1.807) is 30.3 Å². The van der Waals surface area contributed by atoms with E-state index in [2.05, 4.69) is 26.6 Å². The van der Waals surface area contributed by atoms with Gasteiger partial charge >= 0.3 is 11.8 Å². The summed E-state index contributed by atoms with van der Waals surface area (Å²) in [4.78, 5) is 24.3. The van der Waals surface area contributed by atoms with Gasteiger partial charge in [0.05, 0.1) is 13.2 Å². The molecular formula is C19H21BrN2O4. The first kappa shape index (κ1) is 19.8. The third-order valence-electron chi connectivity index (χ3n) is 3.44. The molecule has 0 unspecified atom stereocenters.